The monoisotopic (exact) mass is 372 g/mol. The summed E-state index contributed by atoms with van der Waals surface area (Å²) in [4.78, 5) is 16.0. The highest BCUT2D eigenvalue weighted by molar-refractivity contribution is 7.09. The Balaban J connectivity index is 1.34. The number of amides is 1. The SMILES string of the molecule is Cc1ccc(C)c(OCC(=O)NCC2CCN(Cc3cccs3)CC2)c1. The van der Waals surface area contributed by atoms with Crippen LogP contribution in [0.1, 0.15) is 28.8 Å². The van der Waals surface area contributed by atoms with Crippen LogP contribution in [-0.2, 0) is 11.3 Å². The van der Waals surface area contributed by atoms with Gasteiger partial charge in [-0.1, -0.05) is 18.2 Å². The van der Waals surface area contributed by atoms with E-state index < -0.39 is 0 Å². The molecular formula is C21H28N2O2S. The fraction of sp³-hybridized carbons (Fsp3) is 0.476. The van der Waals surface area contributed by atoms with E-state index in [1.807, 2.05) is 43.4 Å². The van der Waals surface area contributed by atoms with Crippen LogP contribution in [0.4, 0.5) is 0 Å². The molecule has 4 nitrogen and oxygen atoms in total. The number of hydrogen-bond acceptors (Lipinski definition) is 4. The van der Waals surface area contributed by atoms with Crippen LogP contribution in [0.5, 0.6) is 5.75 Å². The third kappa shape index (κ3) is 5.58. The number of ether oxygens (including phenoxy) is 1. The van der Waals surface area contributed by atoms with E-state index in [1.165, 1.54) is 4.88 Å². The van der Waals surface area contributed by atoms with E-state index in [-0.39, 0.29) is 12.5 Å². The Hall–Kier alpha value is -1.85. The topological polar surface area (TPSA) is 41.6 Å². The highest BCUT2D eigenvalue weighted by atomic mass is 32.1. The van der Waals surface area contributed by atoms with Crippen LogP contribution in [0.2, 0.25) is 0 Å². The first-order valence-corrected chi connectivity index (χ1v) is 10.2. The molecule has 1 aliphatic heterocycles. The van der Waals surface area contributed by atoms with E-state index in [1.54, 1.807) is 0 Å². The van der Waals surface area contributed by atoms with Gasteiger partial charge in [-0.15, -0.1) is 11.3 Å². The largest absolute Gasteiger partial charge is 0.483 e. The molecule has 3 rings (SSSR count). The molecule has 0 atom stereocenters. The van der Waals surface area contributed by atoms with E-state index in [4.69, 9.17) is 4.74 Å². The van der Waals surface area contributed by atoms with Crippen LogP contribution < -0.4 is 10.1 Å². The molecule has 0 spiro atoms. The van der Waals surface area contributed by atoms with Gasteiger partial charge in [-0.2, -0.15) is 0 Å². The molecule has 0 radical (unpaired) electrons. The number of rotatable bonds is 7. The van der Waals surface area contributed by atoms with E-state index in [9.17, 15) is 4.79 Å². The minimum absolute atomic E-state index is 0.0353. The molecule has 0 bridgehead atoms. The van der Waals surface area contributed by atoms with Crippen molar-refractivity contribution in [3.8, 4) is 5.75 Å². The summed E-state index contributed by atoms with van der Waals surface area (Å²) in [6.45, 7) is 8.13. The number of hydrogen-bond donors (Lipinski definition) is 1. The number of thiophene rings is 1. The molecule has 5 heteroatoms. The van der Waals surface area contributed by atoms with Gasteiger partial charge in [0.1, 0.15) is 5.75 Å². The summed E-state index contributed by atoms with van der Waals surface area (Å²) in [5, 5.41) is 5.17. The van der Waals surface area contributed by atoms with E-state index in [0.29, 0.717) is 5.92 Å². The molecule has 1 saturated heterocycles. The van der Waals surface area contributed by atoms with Gasteiger partial charge in [0.25, 0.3) is 5.91 Å². The highest BCUT2D eigenvalue weighted by Gasteiger charge is 2.20. The van der Waals surface area contributed by atoms with Crippen molar-refractivity contribution >= 4 is 17.2 Å². The molecule has 1 N–H and O–H groups in total. The highest BCUT2D eigenvalue weighted by Crippen LogP contribution is 2.21. The van der Waals surface area contributed by atoms with Crippen molar-refractivity contribution in [2.75, 3.05) is 26.2 Å². The lowest BCUT2D eigenvalue weighted by molar-refractivity contribution is -0.123. The van der Waals surface area contributed by atoms with Gasteiger partial charge in [0.2, 0.25) is 0 Å². The third-order valence-electron chi connectivity index (χ3n) is 4.96. The molecule has 1 aromatic heterocycles. The normalized spacial score (nSPS) is 15.8. The predicted molar refractivity (Wildman–Crippen MR) is 107 cm³/mol. The number of nitrogens with one attached hydrogen (secondary N) is 1. The van der Waals surface area contributed by atoms with Gasteiger partial charge in [-0.05, 0) is 74.3 Å². The first-order chi connectivity index (χ1) is 12.6. The average molecular weight is 373 g/mol. The van der Waals surface area contributed by atoms with Gasteiger partial charge in [0.15, 0.2) is 6.61 Å². The molecule has 1 amide bonds. The van der Waals surface area contributed by atoms with Crippen molar-refractivity contribution in [1.29, 1.82) is 0 Å². The number of nitrogens with zero attached hydrogens (tertiary/aromatic N) is 1. The van der Waals surface area contributed by atoms with Crippen LogP contribution in [0.15, 0.2) is 35.7 Å². The second-order valence-electron chi connectivity index (χ2n) is 7.16. The second-order valence-corrected chi connectivity index (χ2v) is 8.19. The molecule has 1 aromatic carbocycles. The zero-order chi connectivity index (χ0) is 18.4. The maximum atomic E-state index is 12.1. The third-order valence-corrected chi connectivity index (χ3v) is 5.82. The number of aryl methyl sites for hydroxylation is 2. The summed E-state index contributed by atoms with van der Waals surface area (Å²) in [7, 11) is 0. The number of carbonyl (C=O) groups is 1. The van der Waals surface area contributed by atoms with Crippen molar-refractivity contribution in [3.63, 3.8) is 0 Å². The van der Waals surface area contributed by atoms with Crippen molar-refractivity contribution in [3.05, 3.63) is 51.7 Å². The molecule has 0 aliphatic carbocycles. The Morgan fingerprint density at radius 1 is 1.27 bits per heavy atom. The summed E-state index contributed by atoms with van der Waals surface area (Å²) < 4.78 is 5.68. The zero-order valence-electron chi connectivity index (χ0n) is 15.7. The van der Waals surface area contributed by atoms with Gasteiger partial charge in [0, 0.05) is 18.0 Å². The number of piperidine rings is 1. The second kappa shape index (κ2) is 9.19. The van der Waals surface area contributed by atoms with Gasteiger partial charge in [-0.25, -0.2) is 0 Å². The summed E-state index contributed by atoms with van der Waals surface area (Å²) >= 11 is 1.82. The lowest BCUT2D eigenvalue weighted by Crippen LogP contribution is -2.39. The molecule has 1 fully saturated rings. The summed E-state index contributed by atoms with van der Waals surface area (Å²) in [6.07, 6.45) is 2.28. The average Bonchev–Trinajstić information content (AvgIpc) is 3.15. The Morgan fingerprint density at radius 3 is 2.81 bits per heavy atom. The van der Waals surface area contributed by atoms with Crippen LogP contribution in [0.25, 0.3) is 0 Å². The lowest BCUT2D eigenvalue weighted by atomic mass is 9.97. The summed E-state index contributed by atoms with van der Waals surface area (Å²) in [6, 6.07) is 10.4. The van der Waals surface area contributed by atoms with Crippen LogP contribution in [-0.4, -0.2) is 37.0 Å². The zero-order valence-corrected chi connectivity index (χ0v) is 16.5. The van der Waals surface area contributed by atoms with Crippen molar-refractivity contribution in [2.45, 2.75) is 33.2 Å². The lowest BCUT2D eigenvalue weighted by Gasteiger charge is -2.31. The first kappa shape index (κ1) is 18.9. The van der Waals surface area contributed by atoms with Crippen molar-refractivity contribution < 1.29 is 9.53 Å². The predicted octanol–water partition coefficient (Wildman–Crippen LogP) is 3.77. The Bertz CT molecular complexity index is 707. The van der Waals surface area contributed by atoms with Gasteiger partial charge >= 0.3 is 0 Å². The van der Waals surface area contributed by atoms with Crippen molar-refractivity contribution in [2.24, 2.45) is 5.92 Å². The maximum absolute atomic E-state index is 12.1. The van der Waals surface area contributed by atoms with Crippen LogP contribution in [0.3, 0.4) is 0 Å². The number of carbonyl (C=O) groups excluding carboxylic acids is 1. The quantitative estimate of drug-likeness (QED) is 0.804. The summed E-state index contributed by atoms with van der Waals surface area (Å²) in [5.74, 6) is 1.33. The first-order valence-electron chi connectivity index (χ1n) is 9.31. The Kier molecular flexibility index (Phi) is 6.69. The fourth-order valence-corrected chi connectivity index (χ4v) is 4.03. The standard InChI is InChI=1S/C21H28N2O2S/c1-16-5-6-17(2)20(12-16)25-15-21(24)22-13-18-7-9-23(10-8-18)14-19-4-3-11-26-19/h3-6,11-12,18H,7-10,13-15H2,1-2H3,(H,22,24). The molecule has 26 heavy (non-hydrogen) atoms. The Morgan fingerprint density at radius 2 is 2.08 bits per heavy atom. The Labute approximate surface area is 160 Å². The molecule has 0 saturated carbocycles. The van der Waals surface area contributed by atoms with Gasteiger partial charge < -0.3 is 10.1 Å². The van der Waals surface area contributed by atoms with E-state index in [2.05, 4.69) is 27.7 Å². The minimum Gasteiger partial charge on any atom is -0.483 e. The molecule has 2 aromatic rings. The molecule has 0 unspecified atom stereocenters. The fourth-order valence-electron chi connectivity index (χ4n) is 3.29. The van der Waals surface area contributed by atoms with Gasteiger partial charge in [-0.3, -0.25) is 9.69 Å². The minimum atomic E-state index is -0.0353. The molecular weight excluding hydrogens is 344 g/mol. The van der Waals surface area contributed by atoms with Crippen molar-refractivity contribution in [1.82, 2.24) is 10.2 Å². The van der Waals surface area contributed by atoms with Crippen LogP contribution >= 0.6 is 11.3 Å². The smallest absolute Gasteiger partial charge is 0.257 e. The van der Waals surface area contributed by atoms with Crippen LogP contribution in [0, 0.1) is 19.8 Å². The summed E-state index contributed by atoms with van der Waals surface area (Å²) in [5.41, 5.74) is 2.20. The molecule has 1 aliphatic rings. The van der Waals surface area contributed by atoms with E-state index >= 15 is 0 Å². The molecule has 140 valence electrons. The molecule has 2 heterocycles. The van der Waals surface area contributed by atoms with E-state index in [0.717, 1.165) is 55.9 Å². The number of likely N-dealkylation sites (tertiary alicyclic amines) is 1. The van der Waals surface area contributed by atoms with Gasteiger partial charge in [0.05, 0.1) is 0 Å². The maximum Gasteiger partial charge on any atom is 0.257 e. The number of benzene rings is 1.